The van der Waals surface area contributed by atoms with Gasteiger partial charge in [0.25, 0.3) is 0 Å². The molecule has 3 heterocycles. The van der Waals surface area contributed by atoms with Gasteiger partial charge in [-0.1, -0.05) is 18.7 Å². The lowest BCUT2D eigenvalue weighted by molar-refractivity contribution is -0.115. The van der Waals surface area contributed by atoms with E-state index in [9.17, 15) is 4.79 Å². The predicted molar refractivity (Wildman–Crippen MR) is 87.3 cm³/mol. The van der Waals surface area contributed by atoms with Gasteiger partial charge in [0, 0.05) is 4.88 Å². The van der Waals surface area contributed by atoms with Crippen LogP contribution in [-0.4, -0.2) is 31.2 Å². The molecule has 4 rings (SSSR count). The summed E-state index contributed by atoms with van der Waals surface area (Å²) in [6.45, 7) is 2.29. The van der Waals surface area contributed by atoms with Crippen molar-refractivity contribution in [2.24, 2.45) is 11.7 Å². The van der Waals surface area contributed by atoms with Crippen LogP contribution in [0.2, 0.25) is 0 Å². The molecule has 1 aliphatic carbocycles. The largest absolute Gasteiger partial charge is 0.369 e. The van der Waals surface area contributed by atoms with Gasteiger partial charge < -0.3 is 5.73 Å². The fourth-order valence-electron chi connectivity index (χ4n) is 2.97. The number of aromatic nitrogens is 4. The summed E-state index contributed by atoms with van der Waals surface area (Å²) in [5.74, 6) is 0.520. The van der Waals surface area contributed by atoms with Crippen LogP contribution in [0.4, 0.5) is 0 Å². The molecule has 2 N–H and O–H groups in total. The van der Waals surface area contributed by atoms with Gasteiger partial charge in [-0.2, -0.15) is 9.61 Å². The zero-order chi connectivity index (χ0) is 15.3. The van der Waals surface area contributed by atoms with Crippen molar-refractivity contribution >= 4 is 44.9 Å². The quantitative estimate of drug-likeness (QED) is 0.585. The number of thiophene rings is 1. The van der Waals surface area contributed by atoms with Crippen molar-refractivity contribution in [1.82, 2.24) is 19.6 Å². The lowest BCUT2D eigenvalue weighted by Crippen LogP contribution is -2.14. The van der Waals surface area contributed by atoms with E-state index in [0.717, 1.165) is 28.7 Å². The highest BCUT2D eigenvalue weighted by Gasteiger charge is 2.24. The molecule has 1 atom stereocenters. The maximum atomic E-state index is 11.0. The normalized spacial score (nSPS) is 18.0. The number of carbonyl (C=O) groups is 1. The summed E-state index contributed by atoms with van der Waals surface area (Å²) in [6.07, 6.45) is 4.96. The molecule has 1 amide bonds. The van der Waals surface area contributed by atoms with Gasteiger partial charge in [-0.05, 0) is 30.7 Å². The first-order chi connectivity index (χ1) is 10.6. The van der Waals surface area contributed by atoms with E-state index < -0.39 is 0 Å². The summed E-state index contributed by atoms with van der Waals surface area (Å²) in [6, 6.07) is 0. The Balaban J connectivity index is 1.93. The summed E-state index contributed by atoms with van der Waals surface area (Å²) < 4.78 is 1.72. The SMILES string of the molecule is C[C@H]1CCc2sc3nc(SCC(N)=O)n4ncnc4c3c2C1. The van der Waals surface area contributed by atoms with Gasteiger partial charge in [0.2, 0.25) is 5.91 Å². The molecule has 0 spiro atoms. The zero-order valence-electron chi connectivity index (χ0n) is 12.1. The van der Waals surface area contributed by atoms with Crippen molar-refractivity contribution in [3.63, 3.8) is 0 Å². The number of hydrogen-bond acceptors (Lipinski definition) is 6. The number of hydrogen-bond donors (Lipinski definition) is 1. The average molecular weight is 333 g/mol. The van der Waals surface area contributed by atoms with E-state index in [-0.39, 0.29) is 11.7 Å². The number of thioether (sulfide) groups is 1. The van der Waals surface area contributed by atoms with Gasteiger partial charge in [-0.25, -0.2) is 9.97 Å². The van der Waals surface area contributed by atoms with E-state index >= 15 is 0 Å². The summed E-state index contributed by atoms with van der Waals surface area (Å²) in [7, 11) is 0. The molecule has 22 heavy (non-hydrogen) atoms. The zero-order valence-corrected chi connectivity index (χ0v) is 13.7. The number of nitrogens with zero attached hydrogens (tertiary/aromatic N) is 4. The van der Waals surface area contributed by atoms with Crippen LogP contribution in [-0.2, 0) is 17.6 Å². The molecular formula is C14H15N5OS2. The Kier molecular flexibility index (Phi) is 3.30. The molecule has 0 saturated carbocycles. The minimum absolute atomic E-state index is 0.190. The number of amides is 1. The molecular weight excluding hydrogens is 318 g/mol. The maximum Gasteiger partial charge on any atom is 0.227 e. The van der Waals surface area contributed by atoms with Crippen molar-refractivity contribution in [3.8, 4) is 0 Å². The van der Waals surface area contributed by atoms with Crippen LogP contribution in [0, 0.1) is 5.92 Å². The Labute approximate surface area is 135 Å². The minimum atomic E-state index is -0.362. The average Bonchev–Trinajstić information content (AvgIpc) is 3.07. The van der Waals surface area contributed by atoms with Crippen LogP contribution in [0.15, 0.2) is 11.5 Å². The minimum Gasteiger partial charge on any atom is -0.369 e. The first-order valence-electron chi connectivity index (χ1n) is 7.18. The van der Waals surface area contributed by atoms with Gasteiger partial charge in [0.1, 0.15) is 11.2 Å². The molecule has 6 nitrogen and oxygen atoms in total. The molecule has 3 aromatic rings. The van der Waals surface area contributed by atoms with Crippen molar-refractivity contribution < 1.29 is 4.79 Å². The van der Waals surface area contributed by atoms with E-state index in [0.29, 0.717) is 11.1 Å². The second kappa shape index (κ2) is 5.20. The Bertz CT molecular complexity index is 884. The number of nitrogens with two attached hydrogens (primary N) is 1. The molecule has 0 bridgehead atoms. The van der Waals surface area contributed by atoms with Crippen molar-refractivity contribution in [2.75, 3.05) is 5.75 Å². The number of fused-ring (bicyclic) bond motifs is 5. The molecule has 0 saturated heterocycles. The van der Waals surface area contributed by atoms with E-state index in [4.69, 9.17) is 10.7 Å². The van der Waals surface area contributed by atoms with Crippen LogP contribution in [0.25, 0.3) is 15.9 Å². The van der Waals surface area contributed by atoms with Gasteiger partial charge >= 0.3 is 0 Å². The second-order valence-electron chi connectivity index (χ2n) is 5.68. The van der Waals surface area contributed by atoms with Crippen molar-refractivity contribution in [2.45, 2.75) is 31.3 Å². The first-order valence-corrected chi connectivity index (χ1v) is 8.98. The molecule has 0 radical (unpaired) electrons. The first kappa shape index (κ1) is 14.0. The van der Waals surface area contributed by atoms with Gasteiger partial charge in [0.15, 0.2) is 10.8 Å². The molecule has 3 aromatic heterocycles. The molecule has 0 unspecified atom stereocenters. The Morgan fingerprint density at radius 1 is 1.59 bits per heavy atom. The highest BCUT2D eigenvalue weighted by atomic mass is 32.2. The Morgan fingerprint density at radius 2 is 2.45 bits per heavy atom. The standard InChI is InChI=1S/C14H15N5OS2/c1-7-2-3-9-8(4-7)11-12-16-6-17-19(12)14(18-13(11)22-9)21-5-10(15)20/h6-7H,2-5H2,1H3,(H2,15,20)/t7-/m0/s1. The van der Waals surface area contributed by atoms with Crippen molar-refractivity contribution in [1.29, 1.82) is 0 Å². The summed E-state index contributed by atoms with van der Waals surface area (Å²) in [5, 5.41) is 6.07. The second-order valence-corrected chi connectivity index (χ2v) is 7.70. The van der Waals surface area contributed by atoms with E-state index in [1.807, 2.05) is 0 Å². The van der Waals surface area contributed by atoms with Crippen molar-refractivity contribution in [3.05, 3.63) is 16.8 Å². The van der Waals surface area contributed by atoms with E-state index in [2.05, 4.69) is 17.0 Å². The lowest BCUT2D eigenvalue weighted by Gasteiger charge is -2.17. The number of aryl methyl sites for hydroxylation is 1. The lowest BCUT2D eigenvalue weighted by atomic mass is 9.89. The molecule has 0 fully saturated rings. The number of rotatable bonds is 3. The molecule has 1 aliphatic rings. The summed E-state index contributed by atoms with van der Waals surface area (Å²) in [4.78, 5) is 22.6. The molecule has 0 aromatic carbocycles. The van der Waals surface area contributed by atoms with Gasteiger partial charge in [0.05, 0.1) is 11.1 Å². The highest BCUT2D eigenvalue weighted by molar-refractivity contribution is 7.99. The summed E-state index contributed by atoms with van der Waals surface area (Å²) in [5.41, 5.74) is 7.46. The fourth-order valence-corrected chi connectivity index (χ4v) is 4.92. The molecule has 114 valence electrons. The van der Waals surface area contributed by atoms with Crippen LogP contribution in [0.1, 0.15) is 23.8 Å². The topological polar surface area (TPSA) is 86.2 Å². The Hall–Kier alpha value is -1.67. The predicted octanol–water partition coefficient (Wildman–Crippen LogP) is 2.04. The maximum absolute atomic E-state index is 11.0. The van der Waals surface area contributed by atoms with Crippen LogP contribution >= 0.6 is 23.1 Å². The fraction of sp³-hybridized carbons (Fsp3) is 0.429. The third-order valence-corrected chi connectivity index (χ3v) is 6.12. The van der Waals surface area contributed by atoms with E-state index in [1.165, 1.54) is 28.6 Å². The van der Waals surface area contributed by atoms with Crippen LogP contribution in [0.3, 0.4) is 0 Å². The smallest absolute Gasteiger partial charge is 0.227 e. The summed E-state index contributed by atoms with van der Waals surface area (Å²) >= 11 is 3.05. The Morgan fingerprint density at radius 3 is 3.27 bits per heavy atom. The van der Waals surface area contributed by atoms with E-state index in [1.54, 1.807) is 22.2 Å². The third-order valence-electron chi connectivity index (χ3n) is 3.98. The van der Waals surface area contributed by atoms with Crippen LogP contribution < -0.4 is 5.73 Å². The highest BCUT2D eigenvalue weighted by Crippen LogP contribution is 2.39. The van der Waals surface area contributed by atoms with Gasteiger partial charge in [-0.3, -0.25) is 4.79 Å². The number of primary amides is 1. The molecule has 8 heteroatoms. The third kappa shape index (κ3) is 2.17. The monoisotopic (exact) mass is 333 g/mol. The van der Waals surface area contributed by atoms with Gasteiger partial charge in [-0.15, -0.1) is 11.3 Å². The molecule has 0 aliphatic heterocycles. The van der Waals surface area contributed by atoms with Crippen LogP contribution in [0.5, 0.6) is 0 Å². The number of carbonyl (C=O) groups excluding carboxylic acids is 1.